The number of carbonyl (C=O) groups excluding carboxylic acids is 2. The van der Waals surface area contributed by atoms with E-state index in [0.717, 1.165) is 36.2 Å². The normalized spacial score (nSPS) is 13.8. The van der Waals surface area contributed by atoms with E-state index in [1.54, 1.807) is 37.1 Å². The molecule has 45 heavy (non-hydrogen) atoms. The Labute approximate surface area is 265 Å². The van der Waals surface area contributed by atoms with Crippen molar-refractivity contribution in [3.05, 3.63) is 95.2 Å². The third-order valence-corrected chi connectivity index (χ3v) is 8.27. The second-order valence-corrected chi connectivity index (χ2v) is 12.7. The van der Waals surface area contributed by atoms with Crippen LogP contribution in [-0.2, 0) is 11.8 Å². The monoisotopic (exact) mass is 609 g/mol. The summed E-state index contributed by atoms with van der Waals surface area (Å²) in [5.74, 6) is 2.25. The van der Waals surface area contributed by atoms with E-state index < -0.39 is 0 Å². The number of amides is 3. The molecule has 9 heteroatoms. The standard InChI is InChI=1S/C36H43N5O4/c1-24-7-13-28(14-8-24)41-33(23-32(39-41)36(2,3)4)38-35(43)37-27-11-9-25(10-12-27)21-26-17-19-40(20-18-26)34(42)30-16-15-29(44-5)22-31(30)45-6/h7-16,22-23,26H,17-21H2,1-6H3,(H2,37,38,43). The minimum Gasteiger partial charge on any atom is -0.497 e. The molecular weight excluding hydrogens is 566 g/mol. The number of benzene rings is 3. The number of hydrogen-bond acceptors (Lipinski definition) is 5. The Morgan fingerprint density at radius 2 is 1.58 bits per heavy atom. The number of rotatable bonds is 8. The van der Waals surface area contributed by atoms with Crippen molar-refractivity contribution in [1.82, 2.24) is 14.7 Å². The SMILES string of the molecule is COc1ccc(C(=O)N2CCC(Cc3ccc(NC(=O)Nc4cc(C(C)(C)C)nn4-c4ccc(C)cc4)cc3)CC2)c(OC)c1. The van der Waals surface area contributed by atoms with E-state index in [0.29, 0.717) is 47.6 Å². The summed E-state index contributed by atoms with van der Waals surface area (Å²) in [5.41, 5.74) is 5.22. The van der Waals surface area contributed by atoms with E-state index in [-0.39, 0.29) is 17.4 Å². The highest BCUT2D eigenvalue weighted by molar-refractivity contribution is 5.99. The van der Waals surface area contributed by atoms with Gasteiger partial charge in [0.2, 0.25) is 0 Å². The van der Waals surface area contributed by atoms with Gasteiger partial charge in [0.1, 0.15) is 17.3 Å². The van der Waals surface area contributed by atoms with E-state index in [1.165, 1.54) is 5.56 Å². The highest BCUT2D eigenvalue weighted by atomic mass is 16.5. The minimum atomic E-state index is -0.331. The van der Waals surface area contributed by atoms with Crippen LogP contribution in [0, 0.1) is 12.8 Å². The van der Waals surface area contributed by atoms with Gasteiger partial charge in [-0.2, -0.15) is 5.10 Å². The first-order chi connectivity index (χ1) is 21.5. The number of anilines is 2. The Hall–Kier alpha value is -4.79. The van der Waals surface area contributed by atoms with Crippen LogP contribution in [0.25, 0.3) is 5.69 Å². The van der Waals surface area contributed by atoms with Crippen LogP contribution in [0.15, 0.2) is 72.8 Å². The minimum absolute atomic E-state index is 0.0156. The number of aromatic nitrogens is 2. The van der Waals surface area contributed by atoms with Gasteiger partial charge < -0.3 is 19.7 Å². The van der Waals surface area contributed by atoms with Crippen LogP contribution >= 0.6 is 0 Å². The fourth-order valence-electron chi connectivity index (χ4n) is 5.54. The molecule has 0 unspecified atom stereocenters. The molecule has 5 rings (SSSR count). The van der Waals surface area contributed by atoms with Gasteiger partial charge in [-0.3, -0.25) is 10.1 Å². The van der Waals surface area contributed by atoms with Crippen molar-refractivity contribution < 1.29 is 19.1 Å². The Morgan fingerprint density at radius 1 is 0.889 bits per heavy atom. The van der Waals surface area contributed by atoms with Crippen LogP contribution in [0.4, 0.5) is 16.3 Å². The molecular formula is C36H43N5O4. The highest BCUT2D eigenvalue weighted by Crippen LogP contribution is 2.29. The van der Waals surface area contributed by atoms with Crippen molar-refractivity contribution in [3.8, 4) is 17.2 Å². The number of urea groups is 1. The zero-order valence-corrected chi connectivity index (χ0v) is 27.0. The van der Waals surface area contributed by atoms with Gasteiger partial charge in [-0.25, -0.2) is 9.48 Å². The molecule has 3 amide bonds. The fraction of sp³-hybridized carbons (Fsp3) is 0.361. The summed E-state index contributed by atoms with van der Waals surface area (Å²) in [6, 6.07) is 22.9. The zero-order chi connectivity index (χ0) is 32.1. The van der Waals surface area contributed by atoms with E-state index in [4.69, 9.17) is 14.6 Å². The Bertz CT molecular complexity index is 1630. The van der Waals surface area contributed by atoms with Crippen LogP contribution in [0.1, 0.15) is 60.8 Å². The molecule has 236 valence electrons. The van der Waals surface area contributed by atoms with Crippen LogP contribution in [0.2, 0.25) is 0 Å². The van der Waals surface area contributed by atoms with Crippen molar-refractivity contribution in [2.24, 2.45) is 5.92 Å². The Morgan fingerprint density at radius 3 is 2.20 bits per heavy atom. The smallest absolute Gasteiger partial charge is 0.324 e. The van der Waals surface area contributed by atoms with E-state index >= 15 is 0 Å². The third kappa shape index (κ3) is 7.66. The van der Waals surface area contributed by atoms with Crippen molar-refractivity contribution in [2.45, 2.75) is 52.4 Å². The summed E-state index contributed by atoms with van der Waals surface area (Å²) in [5, 5.41) is 10.7. The van der Waals surface area contributed by atoms with Gasteiger partial charge in [-0.15, -0.1) is 0 Å². The molecule has 2 heterocycles. The molecule has 0 atom stereocenters. The number of piperidine rings is 1. The van der Waals surface area contributed by atoms with Crippen LogP contribution < -0.4 is 20.1 Å². The number of likely N-dealkylation sites (tertiary alicyclic amines) is 1. The largest absolute Gasteiger partial charge is 0.497 e. The second-order valence-electron chi connectivity index (χ2n) is 12.7. The maximum Gasteiger partial charge on any atom is 0.324 e. The van der Waals surface area contributed by atoms with Crippen molar-refractivity contribution >= 4 is 23.4 Å². The molecule has 1 fully saturated rings. The quantitative estimate of drug-likeness (QED) is 0.220. The summed E-state index contributed by atoms with van der Waals surface area (Å²) in [7, 11) is 3.16. The van der Waals surface area contributed by atoms with Crippen LogP contribution in [0.5, 0.6) is 11.5 Å². The lowest BCUT2D eigenvalue weighted by molar-refractivity contribution is 0.0687. The Kier molecular flexibility index (Phi) is 9.46. The number of carbonyl (C=O) groups is 2. The summed E-state index contributed by atoms with van der Waals surface area (Å²) >= 11 is 0. The van der Waals surface area contributed by atoms with Gasteiger partial charge in [0.25, 0.3) is 5.91 Å². The summed E-state index contributed by atoms with van der Waals surface area (Å²) < 4.78 is 12.5. The molecule has 1 saturated heterocycles. The number of nitrogens with one attached hydrogen (secondary N) is 2. The molecule has 0 radical (unpaired) electrons. The molecule has 1 aliphatic rings. The maximum absolute atomic E-state index is 13.2. The number of ether oxygens (including phenoxy) is 2. The summed E-state index contributed by atoms with van der Waals surface area (Å²) in [4.78, 5) is 28.1. The lowest BCUT2D eigenvalue weighted by Crippen LogP contribution is -2.39. The average molecular weight is 610 g/mol. The summed E-state index contributed by atoms with van der Waals surface area (Å²) in [6.07, 6.45) is 2.78. The number of aryl methyl sites for hydroxylation is 1. The predicted molar refractivity (Wildman–Crippen MR) is 178 cm³/mol. The summed E-state index contributed by atoms with van der Waals surface area (Å²) in [6.45, 7) is 9.75. The van der Waals surface area contributed by atoms with E-state index in [1.807, 2.05) is 54.3 Å². The average Bonchev–Trinajstić information content (AvgIpc) is 3.46. The molecule has 9 nitrogen and oxygen atoms in total. The van der Waals surface area contributed by atoms with Crippen molar-refractivity contribution in [1.29, 1.82) is 0 Å². The van der Waals surface area contributed by atoms with Gasteiger partial charge >= 0.3 is 6.03 Å². The van der Waals surface area contributed by atoms with E-state index in [2.05, 4.69) is 43.5 Å². The fourth-order valence-corrected chi connectivity index (χ4v) is 5.54. The molecule has 0 saturated carbocycles. The first-order valence-corrected chi connectivity index (χ1v) is 15.4. The van der Waals surface area contributed by atoms with Crippen LogP contribution in [0.3, 0.4) is 0 Å². The second kappa shape index (κ2) is 13.5. The lowest BCUT2D eigenvalue weighted by Gasteiger charge is -2.32. The zero-order valence-electron chi connectivity index (χ0n) is 27.0. The highest BCUT2D eigenvalue weighted by Gasteiger charge is 2.26. The molecule has 2 N–H and O–H groups in total. The third-order valence-electron chi connectivity index (χ3n) is 8.27. The lowest BCUT2D eigenvalue weighted by atomic mass is 9.90. The van der Waals surface area contributed by atoms with E-state index in [9.17, 15) is 9.59 Å². The molecule has 0 aliphatic carbocycles. The Balaban J connectivity index is 1.16. The van der Waals surface area contributed by atoms with Gasteiger partial charge in [0.05, 0.1) is 31.2 Å². The van der Waals surface area contributed by atoms with Gasteiger partial charge in [-0.05, 0) is 74.1 Å². The number of hydrogen-bond donors (Lipinski definition) is 2. The molecule has 3 aromatic carbocycles. The molecule has 1 aromatic heterocycles. The maximum atomic E-state index is 13.2. The first kappa shape index (κ1) is 31.6. The van der Waals surface area contributed by atoms with Crippen molar-refractivity contribution in [2.75, 3.05) is 37.9 Å². The van der Waals surface area contributed by atoms with Gasteiger partial charge in [0.15, 0.2) is 0 Å². The van der Waals surface area contributed by atoms with Gasteiger partial charge in [0, 0.05) is 36.3 Å². The number of methoxy groups -OCH3 is 2. The predicted octanol–water partition coefficient (Wildman–Crippen LogP) is 7.23. The molecule has 1 aliphatic heterocycles. The van der Waals surface area contributed by atoms with Crippen LogP contribution in [-0.4, -0.2) is 53.9 Å². The number of nitrogens with zero attached hydrogens (tertiary/aromatic N) is 3. The molecule has 0 bridgehead atoms. The van der Waals surface area contributed by atoms with Crippen molar-refractivity contribution in [3.63, 3.8) is 0 Å². The topological polar surface area (TPSA) is 97.7 Å². The first-order valence-electron chi connectivity index (χ1n) is 15.4. The van der Waals surface area contributed by atoms with Gasteiger partial charge in [-0.1, -0.05) is 50.6 Å². The molecule has 0 spiro atoms. The molecule has 4 aromatic rings.